The van der Waals surface area contributed by atoms with Crippen molar-refractivity contribution >= 4 is 11.6 Å². The molecule has 7 heteroatoms. The number of H-pyrrole nitrogens is 1. The molecule has 7 nitrogen and oxygen atoms in total. The molecule has 3 heterocycles. The van der Waals surface area contributed by atoms with Gasteiger partial charge in [-0.25, -0.2) is 0 Å². The summed E-state index contributed by atoms with van der Waals surface area (Å²) >= 11 is 0. The lowest BCUT2D eigenvalue weighted by atomic mass is 10.1. The van der Waals surface area contributed by atoms with E-state index in [1.807, 2.05) is 0 Å². The summed E-state index contributed by atoms with van der Waals surface area (Å²) in [6.45, 7) is 1.98. The first-order valence-corrected chi connectivity index (χ1v) is 7.02. The van der Waals surface area contributed by atoms with Crippen LogP contribution < -0.4 is 14.8 Å². The summed E-state index contributed by atoms with van der Waals surface area (Å²) in [4.78, 5) is 12.6. The Labute approximate surface area is 131 Å². The molecule has 23 heavy (non-hydrogen) atoms. The van der Waals surface area contributed by atoms with Crippen LogP contribution in [0.4, 0.5) is 5.69 Å². The molecule has 1 aliphatic heterocycles. The Balaban J connectivity index is 1.64. The summed E-state index contributed by atoms with van der Waals surface area (Å²) < 4.78 is 15.9. The molecule has 0 bridgehead atoms. The van der Waals surface area contributed by atoms with Crippen molar-refractivity contribution in [2.24, 2.45) is 0 Å². The number of benzene rings is 1. The van der Waals surface area contributed by atoms with Crippen LogP contribution in [-0.2, 0) is 0 Å². The fourth-order valence-corrected chi connectivity index (χ4v) is 2.47. The van der Waals surface area contributed by atoms with Crippen molar-refractivity contribution in [3.05, 3.63) is 47.9 Å². The maximum atomic E-state index is 12.6. The Kier molecular flexibility index (Phi) is 3.04. The predicted octanol–water partition coefficient (Wildman–Crippen LogP) is 2.96. The average molecular weight is 311 g/mol. The molecular weight excluding hydrogens is 298 g/mol. The summed E-state index contributed by atoms with van der Waals surface area (Å²) in [5.41, 5.74) is 2.20. The summed E-state index contributed by atoms with van der Waals surface area (Å²) in [5, 5.41) is 9.81. The second-order valence-corrected chi connectivity index (χ2v) is 5.07. The van der Waals surface area contributed by atoms with Gasteiger partial charge in [-0.15, -0.1) is 0 Å². The molecule has 0 saturated heterocycles. The topological polar surface area (TPSA) is 89.4 Å². The molecule has 3 aromatic rings. The van der Waals surface area contributed by atoms with E-state index in [-0.39, 0.29) is 12.7 Å². The lowest BCUT2D eigenvalue weighted by Crippen LogP contribution is -2.13. The number of hydrogen-bond donors (Lipinski definition) is 2. The fourth-order valence-electron chi connectivity index (χ4n) is 2.47. The number of rotatable bonds is 3. The van der Waals surface area contributed by atoms with Crippen LogP contribution in [0, 0.1) is 6.92 Å². The van der Waals surface area contributed by atoms with E-state index in [9.17, 15) is 4.79 Å². The van der Waals surface area contributed by atoms with Gasteiger partial charge >= 0.3 is 0 Å². The number of aromatic nitrogens is 2. The van der Waals surface area contributed by atoms with E-state index in [1.165, 1.54) is 0 Å². The van der Waals surface area contributed by atoms with Gasteiger partial charge in [-0.2, -0.15) is 5.10 Å². The first-order chi connectivity index (χ1) is 11.2. The van der Waals surface area contributed by atoms with Gasteiger partial charge in [0.15, 0.2) is 17.3 Å². The zero-order chi connectivity index (χ0) is 15.8. The number of hydrogen-bond acceptors (Lipinski definition) is 5. The highest BCUT2D eigenvalue weighted by Crippen LogP contribution is 2.34. The highest BCUT2D eigenvalue weighted by molar-refractivity contribution is 6.08. The normalized spacial score (nSPS) is 12.4. The van der Waals surface area contributed by atoms with E-state index in [1.54, 1.807) is 43.5 Å². The van der Waals surface area contributed by atoms with Crippen molar-refractivity contribution in [2.45, 2.75) is 6.92 Å². The van der Waals surface area contributed by atoms with Crippen molar-refractivity contribution in [2.75, 3.05) is 12.1 Å². The van der Waals surface area contributed by atoms with Gasteiger partial charge in [-0.1, -0.05) is 0 Å². The summed E-state index contributed by atoms with van der Waals surface area (Å²) in [7, 11) is 0. The second-order valence-electron chi connectivity index (χ2n) is 5.07. The van der Waals surface area contributed by atoms with Crippen molar-refractivity contribution in [1.29, 1.82) is 0 Å². The zero-order valence-corrected chi connectivity index (χ0v) is 12.3. The van der Waals surface area contributed by atoms with Gasteiger partial charge in [-0.3, -0.25) is 9.89 Å². The molecule has 0 fully saturated rings. The van der Waals surface area contributed by atoms with Crippen molar-refractivity contribution in [1.82, 2.24) is 10.2 Å². The first-order valence-electron chi connectivity index (χ1n) is 7.02. The lowest BCUT2D eigenvalue weighted by molar-refractivity contribution is 0.102. The number of anilines is 1. The highest BCUT2D eigenvalue weighted by Gasteiger charge is 2.22. The van der Waals surface area contributed by atoms with E-state index in [0.717, 1.165) is 0 Å². The molecule has 0 spiro atoms. The van der Waals surface area contributed by atoms with Gasteiger partial charge in [-0.05, 0) is 31.2 Å². The van der Waals surface area contributed by atoms with Crippen LogP contribution in [-0.4, -0.2) is 22.9 Å². The molecule has 0 aliphatic carbocycles. The third kappa shape index (κ3) is 2.32. The monoisotopic (exact) mass is 311 g/mol. The number of nitrogens with one attached hydrogen (secondary N) is 2. The van der Waals surface area contributed by atoms with E-state index in [2.05, 4.69) is 15.5 Å². The third-order valence-electron chi connectivity index (χ3n) is 3.56. The fraction of sp³-hybridized carbons (Fsp3) is 0.125. The Morgan fingerprint density at radius 2 is 2.13 bits per heavy atom. The van der Waals surface area contributed by atoms with Crippen LogP contribution in [0.25, 0.3) is 11.5 Å². The Morgan fingerprint density at radius 1 is 1.26 bits per heavy atom. The number of nitrogens with zero attached hydrogens (tertiary/aromatic N) is 1. The summed E-state index contributed by atoms with van der Waals surface area (Å²) in [5.74, 6) is 1.53. The number of ether oxygens (including phenoxy) is 2. The number of aryl methyl sites for hydroxylation is 1. The number of aromatic amines is 1. The van der Waals surface area contributed by atoms with E-state index in [0.29, 0.717) is 39.9 Å². The van der Waals surface area contributed by atoms with Crippen LogP contribution in [0.3, 0.4) is 0 Å². The highest BCUT2D eigenvalue weighted by atomic mass is 16.7. The predicted molar refractivity (Wildman–Crippen MR) is 81.5 cm³/mol. The SMILES string of the molecule is Cc1[nH]nc(-c2ccco2)c1C(=O)Nc1ccc2c(c1)OCO2. The molecule has 1 aromatic carbocycles. The molecule has 2 aromatic heterocycles. The molecular formula is C16H13N3O4. The maximum Gasteiger partial charge on any atom is 0.259 e. The van der Waals surface area contributed by atoms with Crippen molar-refractivity contribution in [3.8, 4) is 23.0 Å². The van der Waals surface area contributed by atoms with Crippen LogP contribution >= 0.6 is 0 Å². The van der Waals surface area contributed by atoms with Gasteiger partial charge < -0.3 is 19.2 Å². The van der Waals surface area contributed by atoms with E-state index in [4.69, 9.17) is 13.9 Å². The molecule has 0 atom stereocenters. The smallest absolute Gasteiger partial charge is 0.259 e. The Bertz CT molecular complexity index is 868. The van der Waals surface area contributed by atoms with Crippen molar-refractivity contribution < 1.29 is 18.7 Å². The molecule has 2 N–H and O–H groups in total. The summed E-state index contributed by atoms with van der Waals surface area (Å²) in [6, 6.07) is 8.75. The quantitative estimate of drug-likeness (QED) is 0.776. The van der Waals surface area contributed by atoms with Gasteiger partial charge in [0.05, 0.1) is 11.8 Å². The Morgan fingerprint density at radius 3 is 2.96 bits per heavy atom. The van der Waals surface area contributed by atoms with Crippen LogP contribution in [0.5, 0.6) is 11.5 Å². The molecule has 1 amide bonds. The molecule has 4 rings (SSSR count). The van der Waals surface area contributed by atoms with Gasteiger partial charge in [0.1, 0.15) is 5.69 Å². The van der Waals surface area contributed by atoms with Gasteiger partial charge in [0, 0.05) is 17.4 Å². The molecule has 0 saturated carbocycles. The second kappa shape index (κ2) is 5.20. The first kappa shape index (κ1) is 13.4. The van der Waals surface area contributed by atoms with E-state index >= 15 is 0 Å². The lowest BCUT2D eigenvalue weighted by Gasteiger charge is -2.06. The molecule has 0 unspecified atom stereocenters. The van der Waals surface area contributed by atoms with Crippen LogP contribution in [0.15, 0.2) is 41.0 Å². The molecule has 116 valence electrons. The Hall–Kier alpha value is -3.22. The van der Waals surface area contributed by atoms with Crippen LogP contribution in [0.2, 0.25) is 0 Å². The van der Waals surface area contributed by atoms with Gasteiger partial charge in [0.2, 0.25) is 6.79 Å². The minimum atomic E-state index is -0.276. The minimum Gasteiger partial charge on any atom is -0.463 e. The number of fused-ring (bicyclic) bond motifs is 1. The standard InChI is InChI=1S/C16H13N3O4/c1-9-14(15(19-18-9)12-3-2-6-21-12)16(20)17-10-4-5-11-13(7-10)23-8-22-11/h2-7H,8H2,1H3,(H,17,20)(H,18,19). The number of furan rings is 1. The number of carbonyl (C=O) groups is 1. The number of carbonyl (C=O) groups excluding carboxylic acids is 1. The minimum absolute atomic E-state index is 0.191. The maximum absolute atomic E-state index is 12.6. The van der Waals surface area contributed by atoms with Gasteiger partial charge in [0.25, 0.3) is 5.91 Å². The zero-order valence-electron chi connectivity index (χ0n) is 12.3. The largest absolute Gasteiger partial charge is 0.463 e. The third-order valence-corrected chi connectivity index (χ3v) is 3.56. The van der Waals surface area contributed by atoms with Crippen molar-refractivity contribution in [3.63, 3.8) is 0 Å². The molecule has 0 radical (unpaired) electrons. The summed E-state index contributed by atoms with van der Waals surface area (Å²) in [6.07, 6.45) is 1.54. The molecule has 1 aliphatic rings. The average Bonchev–Trinajstić information content (AvgIpc) is 3.26. The van der Waals surface area contributed by atoms with E-state index < -0.39 is 0 Å². The van der Waals surface area contributed by atoms with Crippen LogP contribution in [0.1, 0.15) is 16.1 Å². The number of amides is 1.